The van der Waals surface area contributed by atoms with E-state index in [1.807, 2.05) is 0 Å². The van der Waals surface area contributed by atoms with Crippen molar-refractivity contribution < 1.29 is 9.53 Å². The zero-order valence-electron chi connectivity index (χ0n) is 11.1. The quantitative estimate of drug-likeness (QED) is 0.394. The van der Waals surface area contributed by atoms with Crippen molar-refractivity contribution in [1.29, 1.82) is 0 Å². The molecule has 0 fully saturated rings. The second kappa shape index (κ2) is 6.02. The van der Waals surface area contributed by atoms with Crippen molar-refractivity contribution in [3.05, 3.63) is 20.7 Å². The number of likely N-dealkylation sites (N-methyl/N-ethyl adjacent to an activating group) is 1. The van der Waals surface area contributed by atoms with Gasteiger partial charge in [0.1, 0.15) is 5.54 Å². The Morgan fingerprint density at radius 1 is 1.58 bits per heavy atom. The Bertz CT molecular complexity index is 582. The Kier molecular flexibility index (Phi) is 4.90. The van der Waals surface area contributed by atoms with Crippen LogP contribution < -0.4 is 16.4 Å². The van der Waals surface area contributed by atoms with E-state index in [9.17, 15) is 14.4 Å². The zero-order chi connectivity index (χ0) is 14.6. The summed E-state index contributed by atoms with van der Waals surface area (Å²) >= 11 is 1.16. The van der Waals surface area contributed by atoms with Crippen LogP contribution in [-0.2, 0) is 16.6 Å². The molecule has 106 valence electrons. The number of nitrogens with zero attached hydrogens (tertiary/aromatic N) is 2. The minimum absolute atomic E-state index is 0.294. The number of aromatic amines is 1. The first kappa shape index (κ1) is 15.4. The maximum atomic E-state index is 11.6. The van der Waals surface area contributed by atoms with E-state index in [0.717, 1.165) is 11.8 Å². The van der Waals surface area contributed by atoms with Gasteiger partial charge in [0.05, 0.1) is 7.11 Å². The first-order chi connectivity index (χ1) is 8.84. The van der Waals surface area contributed by atoms with Crippen molar-refractivity contribution in [1.82, 2.24) is 20.1 Å². The van der Waals surface area contributed by atoms with E-state index in [4.69, 9.17) is 4.74 Å². The van der Waals surface area contributed by atoms with Crippen LogP contribution in [0.1, 0.15) is 6.92 Å². The summed E-state index contributed by atoms with van der Waals surface area (Å²) in [4.78, 5) is 37.5. The van der Waals surface area contributed by atoms with Crippen molar-refractivity contribution in [2.24, 2.45) is 7.05 Å². The minimum atomic E-state index is -0.909. The van der Waals surface area contributed by atoms with Gasteiger partial charge in [-0.2, -0.15) is 4.98 Å². The third-order valence-corrected chi connectivity index (χ3v) is 3.97. The molecule has 0 aliphatic carbocycles. The number of esters is 1. The molecule has 1 aromatic rings. The minimum Gasteiger partial charge on any atom is -0.468 e. The number of aromatic nitrogens is 3. The molecule has 1 rings (SSSR count). The number of methoxy groups -OCH3 is 1. The molecule has 0 spiro atoms. The number of nitrogens with one attached hydrogen (secondary N) is 2. The van der Waals surface area contributed by atoms with Crippen molar-refractivity contribution in [3.63, 3.8) is 0 Å². The molecule has 1 heterocycles. The van der Waals surface area contributed by atoms with Crippen LogP contribution in [0.15, 0.2) is 14.7 Å². The Hall–Kier alpha value is -1.61. The fraction of sp³-hybridized carbons (Fsp3) is 0.600. The van der Waals surface area contributed by atoms with Crippen molar-refractivity contribution in [3.8, 4) is 0 Å². The van der Waals surface area contributed by atoms with Crippen LogP contribution in [0.2, 0.25) is 0 Å². The lowest BCUT2D eigenvalue weighted by Gasteiger charge is -2.25. The highest BCUT2D eigenvalue weighted by atomic mass is 32.2. The Labute approximate surface area is 113 Å². The molecular weight excluding hydrogens is 272 g/mol. The van der Waals surface area contributed by atoms with Gasteiger partial charge in [-0.25, -0.2) is 0 Å². The number of hydrogen-bond acceptors (Lipinski definition) is 7. The Morgan fingerprint density at radius 2 is 2.21 bits per heavy atom. The van der Waals surface area contributed by atoms with Gasteiger partial charge in [-0.15, -0.1) is 0 Å². The van der Waals surface area contributed by atoms with Gasteiger partial charge in [0.2, 0.25) is 0 Å². The number of ether oxygens (including phenoxy) is 1. The number of carbonyl (C=O) groups is 1. The summed E-state index contributed by atoms with van der Waals surface area (Å²) in [7, 11) is 4.50. The standard InChI is InChI=1S/C10H16N4O4S/c1-10(11-2,8(17)18-4)5-19-9-12-6(15)7(16)13-14(9)3/h11H,5H2,1-4H3,(H,13,16). The number of aryl methyl sites for hydroxylation is 1. The normalized spacial score (nSPS) is 13.9. The van der Waals surface area contributed by atoms with E-state index < -0.39 is 22.6 Å². The molecule has 0 aliphatic rings. The highest BCUT2D eigenvalue weighted by molar-refractivity contribution is 7.99. The monoisotopic (exact) mass is 288 g/mol. The summed E-state index contributed by atoms with van der Waals surface area (Å²) in [5.74, 6) is -0.125. The number of rotatable bonds is 5. The van der Waals surface area contributed by atoms with Crippen LogP contribution in [-0.4, -0.2) is 46.2 Å². The van der Waals surface area contributed by atoms with Gasteiger partial charge in [-0.1, -0.05) is 11.8 Å². The molecule has 0 amide bonds. The van der Waals surface area contributed by atoms with Crippen molar-refractivity contribution in [2.75, 3.05) is 19.9 Å². The van der Waals surface area contributed by atoms with Crippen molar-refractivity contribution >= 4 is 17.7 Å². The van der Waals surface area contributed by atoms with E-state index in [-0.39, 0.29) is 0 Å². The van der Waals surface area contributed by atoms with Crippen molar-refractivity contribution in [2.45, 2.75) is 17.6 Å². The molecule has 8 nitrogen and oxygen atoms in total. The summed E-state index contributed by atoms with van der Waals surface area (Å²) in [6, 6.07) is 0. The maximum absolute atomic E-state index is 11.6. The Balaban J connectivity index is 2.93. The van der Waals surface area contributed by atoms with Gasteiger partial charge in [0.15, 0.2) is 5.16 Å². The molecule has 9 heteroatoms. The highest BCUT2D eigenvalue weighted by Crippen LogP contribution is 2.19. The fourth-order valence-corrected chi connectivity index (χ4v) is 2.32. The summed E-state index contributed by atoms with van der Waals surface area (Å²) in [6.45, 7) is 1.68. The summed E-state index contributed by atoms with van der Waals surface area (Å²) < 4.78 is 6.04. The second-order valence-electron chi connectivity index (χ2n) is 4.06. The third-order valence-electron chi connectivity index (χ3n) is 2.63. The number of carbonyl (C=O) groups excluding carboxylic acids is 1. The lowest BCUT2D eigenvalue weighted by Crippen LogP contribution is -2.50. The molecule has 0 aliphatic heterocycles. The predicted molar refractivity (Wildman–Crippen MR) is 70.3 cm³/mol. The van der Waals surface area contributed by atoms with Gasteiger partial charge in [-0.05, 0) is 14.0 Å². The van der Waals surface area contributed by atoms with E-state index in [2.05, 4.69) is 15.4 Å². The largest absolute Gasteiger partial charge is 0.468 e. The Morgan fingerprint density at radius 3 is 2.74 bits per heavy atom. The van der Waals surface area contributed by atoms with Gasteiger partial charge >= 0.3 is 17.1 Å². The average Bonchev–Trinajstić information content (AvgIpc) is 2.40. The molecule has 0 aromatic carbocycles. The third kappa shape index (κ3) is 3.44. The SMILES string of the molecule is CNC(C)(CSc1nc(=O)c(=O)[nH]n1C)C(=O)OC. The van der Waals surface area contributed by atoms with Crippen LogP contribution in [0, 0.1) is 0 Å². The molecule has 19 heavy (non-hydrogen) atoms. The fourth-order valence-electron chi connectivity index (χ4n) is 1.26. The van der Waals surface area contributed by atoms with Gasteiger partial charge in [0.25, 0.3) is 0 Å². The molecule has 0 radical (unpaired) electrons. The lowest BCUT2D eigenvalue weighted by molar-refractivity contribution is -0.146. The first-order valence-corrected chi connectivity index (χ1v) is 6.40. The zero-order valence-corrected chi connectivity index (χ0v) is 12.0. The second-order valence-corrected chi connectivity index (χ2v) is 5.00. The summed E-state index contributed by atoms with van der Waals surface area (Å²) in [5.41, 5.74) is -2.55. The topological polar surface area (TPSA) is 106 Å². The number of thioether (sulfide) groups is 1. The maximum Gasteiger partial charge on any atom is 0.339 e. The smallest absolute Gasteiger partial charge is 0.339 e. The predicted octanol–water partition coefficient (Wildman–Crippen LogP) is -1.29. The van der Waals surface area contributed by atoms with Crippen LogP contribution in [0.5, 0.6) is 0 Å². The average molecular weight is 288 g/mol. The molecule has 0 bridgehead atoms. The van der Waals surface area contributed by atoms with E-state index >= 15 is 0 Å². The van der Waals surface area contributed by atoms with E-state index in [0.29, 0.717) is 10.9 Å². The number of hydrogen-bond donors (Lipinski definition) is 2. The van der Waals surface area contributed by atoms with Gasteiger partial charge in [0, 0.05) is 12.8 Å². The number of H-pyrrole nitrogens is 1. The van der Waals surface area contributed by atoms with Crippen LogP contribution in [0.3, 0.4) is 0 Å². The van der Waals surface area contributed by atoms with Crippen LogP contribution in [0.25, 0.3) is 0 Å². The molecule has 1 aromatic heterocycles. The van der Waals surface area contributed by atoms with Crippen LogP contribution in [0.4, 0.5) is 0 Å². The molecule has 0 saturated carbocycles. The summed E-state index contributed by atoms with van der Waals surface area (Å²) in [6.07, 6.45) is 0. The first-order valence-electron chi connectivity index (χ1n) is 5.41. The van der Waals surface area contributed by atoms with E-state index in [1.165, 1.54) is 11.8 Å². The molecule has 2 N–H and O–H groups in total. The van der Waals surface area contributed by atoms with Gasteiger partial charge in [-0.3, -0.25) is 24.2 Å². The van der Waals surface area contributed by atoms with Crippen LogP contribution >= 0.6 is 11.8 Å². The molecule has 0 saturated heterocycles. The molecule has 1 unspecified atom stereocenters. The molecule has 1 atom stereocenters. The molecular formula is C10H16N4O4S. The lowest BCUT2D eigenvalue weighted by atomic mass is 10.1. The summed E-state index contributed by atoms with van der Waals surface area (Å²) in [5, 5.41) is 5.51. The van der Waals surface area contributed by atoms with Gasteiger partial charge < -0.3 is 10.1 Å². The van der Waals surface area contributed by atoms with E-state index in [1.54, 1.807) is 21.0 Å². The highest BCUT2D eigenvalue weighted by Gasteiger charge is 2.33.